The molecule has 2 rings (SSSR count). The molecule has 0 unspecified atom stereocenters. The number of aryl methyl sites for hydroxylation is 1. The molecule has 0 bridgehead atoms. The summed E-state index contributed by atoms with van der Waals surface area (Å²) in [6, 6.07) is 7.22. The molecule has 0 aliphatic rings. The summed E-state index contributed by atoms with van der Waals surface area (Å²) in [5.74, 6) is -1.48. The third-order valence-corrected chi connectivity index (χ3v) is 2.73. The van der Waals surface area contributed by atoms with Gasteiger partial charge < -0.3 is 5.11 Å². The molecule has 0 radical (unpaired) electrons. The van der Waals surface area contributed by atoms with Crippen molar-refractivity contribution < 1.29 is 22.7 Å². The Bertz CT molecular complexity index is 617. The highest BCUT2D eigenvalue weighted by Crippen LogP contribution is 2.36. The standard InChI is InChI=1S/C14H10F4O/c1-8-2-5-13(19)10(6-8)9-3-4-12(15)11(7-9)14(16,17)18/h2-7,19H,1H3. The minimum Gasteiger partial charge on any atom is -0.507 e. The Morgan fingerprint density at radius 1 is 1.00 bits per heavy atom. The summed E-state index contributed by atoms with van der Waals surface area (Å²) in [5, 5.41) is 9.68. The molecule has 0 saturated carbocycles. The lowest BCUT2D eigenvalue weighted by molar-refractivity contribution is -0.139. The van der Waals surface area contributed by atoms with Gasteiger partial charge >= 0.3 is 6.18 Å². The van der Waals surface area contributed by atoms with Crippen LogP contribution in [0.25, 0.3) is 11.1 Å². The molecule has 0 atom stereocenters. The van der Waals surface area contributed by atoms with Crippen molar-refractivity contribution in [2.75, 3.05) is 0 Å². The molecule has 0 amide bonds. The summed E-state index contributed by atoms with van der Waals surface area (Å²) in [6.45, 7) is 1.75. The smallest absolute Gasteiger partial charge is 0.419 e. The van der Waals surface area contributed by atoms with E-state index in [1.54, 1.807) is 19.1 Å². The molecule has 5 heteroatoms. The van der Waals surface area contributed by atoms with Crippen LogP contribution in [0.15, 0.2) is 36.4 Å². The lowest BCUT2D eigenvalue weighted by Gasteiger charge is -2.11. The summed E-state index contributed by atoms with van der Waals surface area (Å²) in [7, 11) is 0. The van der Waals surface area contributed by atoms with Crippen molar-refractivity contribution in [2.45, 2.75) is 13.1 Å². The van der Waals surface area contributed by atoms with Gasteiger partial charge in [-0.15, -0.1) is 0 Å². The normalized spacial score (nSPS) is 11.6. The largest absolute Gasteiger partial charge is 0.507 e. The number of alkyl halides is 3. The zero-order valence-corrected chi connectivity index (χ0v) is 9.92. The Labute approximate surface area is 107 Å². The summed E-state index contributed by atoms with van der Waals surface area (Å²) in [6.07, 6.45) is -4.76. The van der Waals surface area contributed by atoms with Gasteiger partial charge in [0.05, 0.1) is 5.56 Å². The number of benzene rings is 2. The number of aromatic hydroxyl groups is 1. The van der Waals surface area contributed by atoms with E-state index < -0.39 is 17.6 Å². The zero-order valence-electron chi connectivity index (χ0n) is 9.92. The van der Waals surface area contributed by atoms with Crippen molar-refractivity contribution in [3.63, 3.8) is 0 Å². The Balaban J connectivity index is 2.61. The molecule has 19 heavy (non-hydrogen) atoms. The second kappa shape index (κ2) is 4.57. The van der Waals surface area contributed by atoms with Gasteiger partial charge in [0.1, 0.15) is 11.6 Å². The Morgan fingerprint density at radius 2 is 1.68 bits per heavy atom. The van der Waals surface area contributed by atoms with E-state index in [0.717, 1.165) is 11.6 Å². The highest BCUT2D eigenvalue weighted by Gasteiger charge is 2.34. The molecule has 1 N–H and O–H groups in total. The van der Waals surface area contributed by atoms with Crippen LogP contribution < -0.4 is 0 Å². The van der Waals surface area contributed by atoms with Crippen LogP contribution >= 0.6 is 0 Å². The number of hydrogen-bond donors (Lipinski definition) is 1. The van der Waals surface area contributed by atoms with Crippen molar-refractivity contribution >= 4 is 0 Å². The van der Waals surface area contributed by atoms with Crippen molar-refractivity contribution in [3.8, 4) is 16.9 Å². The second-order valence-corrected chi connectivity index (χ2v) is 4.21. The summed E-state index contributed by atoms with van der Waals surface area (Å²) in [4.78, 5) is 0. The van der Waals surface area contributed by atoms with Crippen LogP contribution in [0.2, 0.25) is 0 Å². The van der Waals surface area contributed by atoms with E-state index >= 15 is 0 Å². The van der Waals surface area contributed by atoms with Gasteiger partial charge in [-0.2, -0.15) is 13.2 Å². The molecular formula is C14H10F4O. The van der Waals surface area contributed by atoms with Crippen molar-refractivity contribution in [1.29, 1.82) is 0 Å². The van der Waals surface area contributed by atoms with Gasteiger partial charge in [-0.25, -0.2) is 4.39 Å². The number of rotatable bonds is 1. The highest BCUT2D eigenvalue weighted by molar-refractivity contribution is 5.71. The third kappa shape index (κ3) is 2.70. The highest BCUT2D eigenvalue weighted by atomic mass is 19.4. The molecule has 0 fully saturated rings. The van der Waals surface area contributed by atoms with Gasteiger partial charge in [0, 0.05) is 5.56 Å². The monoisotopic (exact) mass is 270 g/mol. The van der Waals surface area contributed by atoms with Gasteiger partial charge in [-0.3, -0.25) is 0 Å². The summed E-state index contributed by atoms with van der Waals surface area (Å²) < 4.78 is 51.0. The van der Waals surface area contributed by atoms with Crippen molar-refractivity contribution in [3.05, 3.63) is 53.3 Å². The fraction of sp³-hybridized carbons (Fsp3) is 0.143. The fourth-order valence-corrected chi connectivity index (χ4v) is 1.79. The zero-order chi connectivity index (χ0) is 14.2. The lowest BCUT2D eigenvalue weighted by Crippen LogP contribution is -2.08. The first-order valence-corrected chi connectivity index (χ1v) is 5.46. The van der Waals surface area contributed by atoms with Crippen LogP contribution in [0.4, 0.5) is 17.6 Å². The number of hydrogen-bond acceptors (Lipinski definition) is 1. The quantitative estimate of drug-likeness (QED) is 0.755. The minimum atomic E-state index is -4.76. The minimum absolute atomic E-state index is 0.120. The van der Waals surface area contributed by atoms with Gasteiger partial charge in [0.2, 0.25) is 0 Å². The molecule has 2 aromatic carbocycles. The Kier molecular flexibility index (Phi) is 3.22. The van der Waals surface area contributed by atoms with E-state index in [9.17, 15) is 22.7 Å². The second-order valence-electron chi connectivity index (χ2n) is 4.21. The molecule has 1 nitrogen and oxygen atoms in total. The molecule has 0 aromatic heterocycles. The van der Waals surface area contributed by atoms with Crippen LogP contribution in [-0.4, -0.2) is 5.11 Å². The van der Waals surface area contributed by atoms with Crippen LogP contribution in [0, 0.1) is 12.7 Å². The molecule has 0 spiro atoms. The van der Waals surface area contributed by atoms with Gasteiger partial charge in [0.25, 0.3) is 0 Å². The number of phenolic OH excluding ortho intramolecular Hbond substituents is 1. The predicted molar refractivity (Wildman–Crippen MR) is 63.2 cm³/mol. The van der Waals surface area contributed by atoms with Crippen molar-refractivity contribution in [1.82, 2.24) is 0 Å². The first kappa shape index (κ1) is 13.4. The van der Waals surface area contributed by atoms with Crippen LogP contribution in [-0.2, 0) is 6.18 Å². The maximum atomic E-state index is 13.2. The van der Waals surface area contributed by atoms with Gasteiger partial charge in [-0.05, 0) is 36.8 Å². The maximum absolute atomic E-state index is 13.2. The van der Waals surface area contributed by atoms with Crippen LogP contribution in [0.3, 0.4) is 0 Å². The van der Waals surface area contributed by atoms with E-state index in [2.05, 4.69) is 0 Å². The lowest BCUT2D eigenvalue weighted by atomic mass is 10.00. The average molecular weight is 270 g/mol. The molecule has 0 saturated heterocycles. The van der Waals surface area contributed by atoms with E-state index in [-0.39, 0.29) is 16.9 Å². The maximum Gasteiger partial charge on any atom is 0.419 e. The molecule has 0 aliphatic heterocycles. The molecule has 0 heterocycles. The number of phenols is 1. The SMILES string of the molecule is Cc1ccc(O)c(-c2ccc(F)c(C(F)(F)F)c2)c1. The summed E-state index contributed by atoms with van der Waals surface area (Å²) in [5.41, 5.74) is -0.197. The molecule has 100 valence electrons. The summed E-state index contributed by atoms with van der Waals surface area (Å²) >= 11 is 0. The Hall–Kier alpha value is -2.04. The van der Waals surface area contributed by atoms with Gasteiger partial charge in [0.15, 0.2) is 0 Å². The predicted octanol–water partition coefficient (Wildman–Crippen LogP) is 4.53. The average Bonchev–Trinajstić information content (AvgIpc) is 2.31. The van der Waals surface area contributed by atoms with E-state index in [0.29, 0.717) is 6.07 Å². The van der Waals surface area contributed by atoms with Crippen LogP contribution in [0.1, 0.15) is 11.1 Å². The Morgan fingerprint density at radius 3 is 2.32 bits per heavy atom. The first-order valence-electron chi connectivity index (χ1n) is 5.46. The fourth-order valence-electron chi connectivity index (χ4n) is 1.79. The van der Waals surface area contributed by atoms with Crippen molar-refractivity contribution in [2.24, 2.45) is 0 Å². The molecular weight excluding hydrogens is 260 g/mol. The van der Waals surface area contributed by atoms with E-state index in [1.807, 2.05) is 0 Å². The first-order chi connectivity index (χ1) is 8.79. The van der Waals surface area contributed by atoms with Gasteiger partial charge in [-0.1, -0.05) is 17.7 Å². The van der Waals surface area contributed by atoms with E-state index in [1.165, 1.54) is 12.1 Å². The van der Waals surface area contributed by atoms with E-state index in [4.69, 9.17) is 0 Å². The molecule has 2 aromatic rings. The molecule has 0 aliphatic carbocycles. The number of halogens is 4. The topological polar surface area (TPSA) is 20.2 Å². The third-order valence-electron chi connectivity index (χ3n) is 2.73. The van der Waals surface area contributed by atoms with Crippen LogP contribution in [0.5, 0.6) is 5.75 Å².